The van der Waals surface area contributed by atoms with Gasteiger partial charge in [0.1, 0.15) is 24.1 Å². The van der Waals surface area contributed by atoms with Crippen molar-refractivity contribution >= 4 is 64.9 Å². The molecule has 2 aliphatic heterocycles. The Kier molecular flexibility index (Phi) is 7.41. The SMILES string of the molecule is Nc1nc2c(ncn2[C@]2(OP(=O)(S)OC[C@H]3O[C@@H](n4cnc5c(N)ncnc54)[C@@H](F)[C@@H]3O)CS[C@H](CO)[C@H]2F)c(=O)[nH]1. The van der Waals surface area contributed by atoms with Crippen molar-refractivity contribution in [2.45, 2.75) is 41.8 Å². The number of anilines is 2. The predicted octanol–water partition coefficient (Wildman–Crippen LogP) is -0.110. The minimum absolute atomic E-state index is 0.0579. The van der Waals surface area contributed by atoms with Crippen LogP contribution in [0, 0.1) is 0 Å². The lowest BCUT2D eigenvalue weighted by atomic mass is 10.1. The second-order valence-corrected chi connectivity index (χ2v) is 13.5. The van der Waals surface area contributed by atoms with Gasteiger partial charge in [-0.25, -0.2) is 33.3 Å². The van der Waals surface area contributed by atoms with Gasteiger partial charge < -0.3 is 26.4 Å². The van der Waals surface area contributed by atoms with Gasteiger partial charge in [-0.05, 0) is 0 Å². The number of fused-ring (bicyclic) bond motifs is 2. The molecular weight excluding hydrogens is 625 g/mol. The summed E-state index contributed by atoms with van der Waals surface area (Å²) in [5.41, 5.74) is 8.53. The van der Waals surface area contributed by atoms with Crippen LogP contribution in [0.1, 0.15) is 6.23 Å². The highest BCUT2D eigenvalue weighted by Gasteiger charge is 2.57. The molecule has 0 amide bonds. The number of nitrogens with one attached hydrogen (secondary N) is 1. The molecule has 0 spiro atoms. The number of aliphatic hydroxyl groups is 2. The molecule has 0 saturated carbocycles. The topological polar surface area (TPSA) is 244 Å². The van der Waals surface area contributed by atoms with Crippen LogP contribution in [0.4, 0.5) is 20.5 Å². The zero-order chi connectivity index (χ0) is 30.0. The molecule has 4 aromatic rings. The van der Waals surface area contributed by atoms with Gasteiger partial charge in [-0.15, -0.1) is 11.8 Å². The maximum atomic E-state index is 15.9. The first kappa shape index (κ1) is 29.2. The van der Waals surface area contributed by atoms with Crippen LogP contribution in [-0.4, -0.2) is 98.0 Å². The number of hydrogen-bond donors (Lipinski definition) is 6. The van der Waals surface area contributed by atoms with E-state index in [9.17, 15) is 19.6 Å². The van der Waals surface area contributed by atoms with Gasteiger partial charge in [-0.1, -0.05) is 12.2 Å². The highest BCUT2D eigenvalue weighted by Crippen LogP contribution is 2.61. The van der Waals surface area contributed by atoms with E-state index >= 15 is 8.78 Å². The summed E-state index contributed by atoms with van der Waals surface area (Å²) in [4.78, 5) is 34.5. The Morgan fingerprint density at radius 2 is 2.00 bits per heavy atom. The van der Waals surface area contributed by atoms with E-state index in [1.165, 1.54) is 10.9 Å². The van der Waals surface area contributed by atoms with Crippen LogP contribution in [-0.2, 0) is 24.1 Å². The van der Waals surface area contributed by atoms with Crippen molar-refractivity contribution in [2.75, 3.05) is 30.4 Å². The van der Waals surface area contributed by atoms with E-state index in [1.54, 1.807) is 0 Å². The highest BCUT2D eigenvalue weighted by molar-refractivity contribution is 8.44. The van der Waals surface area contributed by atoms with Crippen molar-refractivity contribution in [2.24, 2.45) is 0 Å². The third-order valence-electron chi connectivity index (χ3n) is 6.91. The van der Waals surface area contributed by atoms with Gasteiger partial charge in [0.05, 0.1) is 31.1 Å². The number of nitrogen functional groups attached to an aromatic ring is 2. The Labute approximate surface area is 242 Å². The predicted molar refractivity (Wildman–Crippen MR) is 147 cm³/mol. The Hall–Kier alpha value is -2.91. The van der Waals surface area contributed by atoms with Gasteiger partial charge >= 0.3 is 6.80 Å². The van der Waals surface area contributed by atoms with Crippen molar-refractivity contribution in [1.29, 1.82) is 0 Å². The number of hydrogen-bond acceptors (Lipinski definition) is 15. The first-order valence-corrected chi connectivity index (χ1v) is 15.9. The number of thiol groups is 1. The lowest BCUT2D eigenvalue weighted by Gasteiger charge is -2.34. The summed E-state index contributed by atoms with van der Waals surface area (Å²) < 4.78 is 63.5. The minimum Gasteiger partial charge on any atom is -0.395 e. The summed E-state index contributed by atoms with van der Waals surface area (Å²) in [6, 6.07) is 0. The molecule has 8 atom stereocenters. The summed E-state index contributed by atoms with van der Waals surface area (Å²) in [6.45, 7) is -5.84. The van der Waals surface area contributed by atoms with Crippen LogP contribution in [0.25, 0.3) is 22.3 Å². The lowest BCUT2D eigenvalue weighted by molar-refractivity contribution is -0.0696. The molecule has 22 heteroatoms. The standard InChI is InChI=1S/C20H23F2N10O7PS2/c21-9-12(34)7(38-18(9)31-5-27-10-14(23)25-4-26-15(10)31)2-37-40(36,41)39-20(3-42-8(1-33)13(20)22)32-6-28-11-16(32)29-19(24)30-17(11)35/h4-9,12-13,18,33-34H,1-3H2,(H,36,41)(H2,23,25,26)(H3,24,29,30,35)/t7-,8-,9+,12-,13-,18-,20+,40?/m1/s1. The number of aromatic nitrogens is 8. The number of imidazole rings is 2. The second kappa shape index (κ2) is 10.7. The molecule has 2 aliphatic rings. The number of aromatic amines is 1. The second-order valence-electron chi connectivity index (χ2n) is 9.46. The normalized spacial score (nSPS) is 31.3. The molecule has 0 bridgehead atoms. The van der Waals surface area contributed by atoms with E-state index in [4.69, 9.17) is 25.3 Å². The first-order chi connectivity index (χ1) is 20.0. The van der Waals surface area contributed by atoms with Crippen LogP contribution in [0.5, 0.6) is 0 Å². The maximum absolute atomic E-state index is 15.9. The molecule has 7 N–H and O–H groups in total. The molecular formula is C20H23F2N10O7PS2. The molecule has 4 aromatic heterocycles. The third kappa shape index (κ3) is 4.73. The number of H-pyrrole nitrogens is 1. The van der Waals surface area contributed by atoms with Crippen LogP contribution in [0.2, 0.25) is 0 Å². The number of aliphatic hydroxyl groups excluding tert-OH is 2. The van der Waals surface area contributed by atoms with Gasteiger partial charge in [0.25, 0.3) is 5.56 Å². The summed E-state index contributed by atoms with van der Waals surface area (Å²) in [5, 5.41) is 19.2. The van der Waals surface area contributed by atoms with Crippen LogP contribution in [0.3, 0.4) is 0 Å². The fraction of sp³-hybridized carbons (Fsp3) is 0.500. The minimum atomic E-state index is -4.55. The lowest BCUT2D eigenvalue weighted by Crippen LogP contribution is -2.46. The quantitative estimate of drug-likeness (QED) is 0.108. The Morgan fingerprint density at radius 3 is 2.74 bits per heavy atom. The number of rotatable bonds is 8. The van der Waals surface area contributed by atoms with E-state index in [2.05, 4.69) is 42.2 Å². The van der Waals surface area contributed by atoms with Gasteiger partial charge in [0.15, 0.2) is 46.9 Å². The zero-order valence-corrected chi connectivity index (χ0v) is 23.7. The van der Waals surface area contributed by atoms with Crippen LogP contribution < -0.4 is 17.0 Å². The van der Waals surface area contributed by atoms with Gasteiger partial charge in [0, 0.05) is 5.75 Å². The Bertz CT molecular complexity index is 1760. The summed E-state index contributed by atoms with van der Waals surface area (Å²) in [6.07, 6.45) is -5.11. The number of halogens is 2. The molecule has 2 saturated heterocycles. The molecule has 0 aliphatic carbocycles. The monoisotopic (exact) mass is 648 g/mol. The largest absolute Gasteiger partial charge is 0.395 e. The molecule has 226 valence electrons. The molecule has 6 rings (SSSR count). The van der Waals surface area contributed by atoms with E-state index < -0.39 is 67.3 Å². The molecule has 17 nitrogen and oxygen atoms in total. The maximum Gasteiger partial charge on any atom is 0.388 e. The van der Waals surface area contributed by atoms with Crippen molar-refractivity contribution < 1.29 is 37.3 Å². The fourth-order valence-electron chi connectivity index (χ4n) is 4.87. The number of ether oxygens (including phenoxy) is 1. The van der Waals surface area contributed by atoms with E-state index in [1.807, 2.05) is 0 Å². The van der Waals surface area contributed by atoms with Crippen molar-refractivity contribution in [1.82, 2.24) is 39.0 Å². The van der Waals surface area contributed by atoms with E-state index in [0.717, 1.165) is 29.0 Å². The molecule has 42 heavy (non-hydrogen) atoms. The molecule has 0 aromatic carbocycles. The Balaban J connectivity index is 1.25. The van der Waals surface area contributed by atoms with Crippen molar-refractivity contribution in [3.8, 4) is 0 Å². The van der Waals surface area contributed by atoms with Crippen molar-refractivity contribution in [3.05, 3.63) is 29.3 Å². The number of nitrogens with zero attached hydrogens (tertiary/aromatic N) is 7. The number of thioether (sulfide) groups is 1. The van der Waals surface area contributed by atoms with Gasteiger partial charge in [-0.3, -0.25) is 28.0 Å². The summed E-state index contributed by atoms with van der Waals surface area (Å²) in [5.74, 6) is -0.470. The zero-order valence-electron chi connectivity index (χ0n) is 21.1. The van der Waals surface area contributed by atoms with Crippen LogP contribution >= 0.6 is 30.8 Å². The molecule has 0 radical (unpaired) electrons. The fourth-order valence-corrected chi connectivity index (χ4v) is 7.92. The average molecular weight is 649 g/mol. The van der Waals surface area contributed by atoms with E-state index in [0.29, 0.717) is 0 Å². The number of alkyl halides is 2. The van der Waals surface area contributed by atoms with E-state index in [-0.39, 0.29) is 39.8 Å². The van der Waals surface area contributed by atoms with Crippen LogP contribution in [0.15, 0.2) is 23.8 Å². The molecule has 2 fully saturated rings. The highest BCUT2D eigenvalue weighted by atomic mass is 32.7. The number of nitrogens with two attached hydrogens (primary N) is 2. The summed E-state index contributed by atoms with van der Waals surface area (Å²) >= 11 is 4.96. The average Bonchev–Trinajstić information content (AvgIpc) is 3.70. The Morgan fingerprint density at radius 1 is 1.24 bits per heavy atom. The third-order valence-corrected chi connectivity index (χ3v) is 9.92. The van der Waals surface area contributed by atoms with Crippen molar-refractivity contribution in [3.63, 3.8) is 0 Å². The molecule has 1 unspecified atom stereocenters. The van der Waals surface area contributed by atoms with Gasteiger partial charge in [0.2, 0.25) is 5.95 Å². The smallest absolute Gasteiger partial charge is 0.388 e. The van der Waals surface area contributed by atoms with Gasteiger partial charge in [-0.2, -0.15) is 4.98 Å². The summed E-state index contributed by atoms with van der Waals surface area (Å²) in [7, 11) is 0. The molecule has 6 heterocycles. The first-order valence-electron chi connectivity index (χ1n) is 12.1.